The van der Waals surface area contributed by atoms with E-state index in [2.05, 4.69) is 0 Å². The average molecular weight is 197 g/mol. The van der Waals surface area contributed by atoms with Crippen LogP contribution < -0.4 is 0 Å². The minimum atomic E-state index is -0.283. The molecule has 0 aliphatic heterocycles. The van der Waals surface area contributed by atoms with Gasteiger partial charge in [-0.1, -0.05) is 44.2 Å². The number of halogens is 1. The molecule has 0 saturated heterocycles. The van der Waals surface area contributed by atoms with E-state index in [4.69, 9.17) is 11.6 Å². The minimum absolute atomic E-state index is 0.167. The molecule has 0 bridgehead atoms. The number of rotatable bonds is 3. The van der Waals surface area contributed by atoms with Gasteiger partial charge < -0.3 is 0 Å². The van der Waals surface area contributed by atoms with Crippen LogP contribution in [0, 0.1) is 0 Å². The molecule has 1 aromatic carbocycles. The second-order valence-electron chi connectivity index (χ2n) is 3.78. The van der Waals surface area contributed by atoms with Gasteiger partial charge in [0.25, 0.3) is 0 Å². The standard InChI is InChI=1S/C11H13ClO/c1-11(2,8-10(12)13)9-6-4-3-5-7-9/h3-7H,8H2,1-2H3. The molecular weight excluding hydrogens is 184 g/mol. The summed E-state index contributed by atoms with van der Waals surface area (Å²) in [4.78, 5) is 10.8. The Hall–Kier alpha value is -0.820. The summed E-state index contributed by atoms with van der Waals surface area (Å²) < 4.78 is 0. The van der Waals surface area contributed by atoms with Gasteiger partial charge in [0.15, 0.2) is 0 Å². The van der Waals surface area contributed by atoms with E-state index in [1.807, 2.05) is 44.2 Å². The van der Waals surface area contributed by atoms with Gasteiger partial charge in [-0.2, -0.15) is 0 Å². The van der Waals surface area contributed by atoms with E-state index >= 15 is 0 Å². The molecule has 0 amide bonds. The quantitative estimate of drug-likeness (QED) is 0.679. The van der Waals surface area contributed by atoms with Gasteiger partial charge in [-0.05, 0) is 22.6 Å². The first kappa shape index (κ1) is 10.3. The summed E-state index contributed by atoms with van der Waals surface area (Å²) >= 11 is 5.37. The van der Waals surface area contributed by atoms with Gasteiger partial charge in [-0.15, -0.1) is 0 Å². The second kappa shape index (κ2) is 3.93. The lowest BCUT2D eigenvalue weighted by Gasteiger charge is -2.22. The van der Waals surface area contributed by atoms with Crippen molar-refractivity contribution in [3.8, 4) is 0 Å². The molecular formula is C11H13ClO. The smallest absolute Gasteiger partial charge is 0.222 e. The molecule has 13 heavy (non-hydrogen) atoms. The Morgan fingerprint density at radius 2 is 1.85 bits per heavy atom. The molecule has 0 aliphatic rings. The maximum absolute atomic E-state index is 10.8. The van der Waals surface area contributed by atoms with Gasteiger partial charge in [0.05, 0.1) is 0 Å². The van der Waals surface area contributed by atoms with Gasteiger partial charge in [0, 0.05) is 6.42 Å². The molecule has 0 aromatic heterocycles. The van der Waals surface area contributed by atoms with Crippen molar-refractivity contribution in [2.75, 3.05) is 0 Å². The summed E-state index contributed by atoms with van der Waals surface area (Å²) in [5.74, 6) is 0. The largest absolute Gasteiger partial charge is 0.281 e. The molecule has 0 radical (unpaired) electrons. The maximum Gasteiger partial charge on any atom is 0.222 e. The van der Waals surface area contributed by atoms with Crippen LogP contribution in [0.1, 0.15) is 25.8 Å². The Kier molecular flexibility index (Phi) is 3.10. The van der Waals surface area contributed by atoms with E-state index in [0.29, 0.717) is 6.42 Å². The third-order valence-electron chi connectivity index (χ3n) is 2.14. The van der Waals surface area contributed by atoms with Gasteiger partial charge in [-0.3, -0.25) is 4.79 Å². The third-order valence-corrected chi connectivity index (χ3v) is 2.27. The fourth-order valence-corrected chi connectivity index (χ4v) is 1.67. The van der Waals surface area contributed by atoms with Crippen molar-refractivity contribution in [3.63, 3.8) is 0 Å². The van der Waals surface area contributed by atoms with Crippen molar-refractivity contribution in [1.29, 1.82) is 0 Å². The summed E-state index contributed by atoms with van der Waals surface area (Å²) in [5.41, 5.74) is 0.976. The van der Waals surface area contributed by atoms with Crippen LogP contribution in [-0.4, -0.2) is 5.24 Å². The highest BCUT2D eigenvalue weighted by Gasteiger charge is 2.22. The Bertz CT molecular complexity index is 290. The molecule has 1 nitrogen and oxygen atoms in total. The Morgan fingerprint density at radius 1 is 1.31 bits per heavy atom. The fourth-order valence-electron chi connectivity index (χ4n) is 1.34. The number of carbonyl (C=O) groups excluding carboxylic acids is 1. The Morgan fingerprint density at radius 3 is 2.31 bits per heavy atom. The summed E-state index contributed by atoms with van der Waals surface area (Å²) in [7, 11) is 0. The van der Waals surface area contributed by atoms with E-state index < -0.39 is 0 Å². The van der Waals surface area contributed by atoms with E-state index in [0.717, 1.165) is 5.56 Å². The monoisotopic (exact) mass is 196 g/mol. The van der Waals surface area contributed by atoms with Crippen molar-refractivity contribution in [1.82, 2.24) is 0 Å². The van der Waals surface area contributed by atoms with Crippen LogP contribution in [0.5, 0.6) is 0 Å². The van der Waals surface area contributed by atoms with Crippen molar-refractivity contribution in [2.24, 2.45) is 0 Å². The Labute approximate surface area is 83.7 Å². The van der Waals surface area contributed by atoms with Crippen LogP contribution in [0.3, 0.4) is 0 Å². The molecule has 0 aliphatic carbocycles. The molecule has 1 aromatic rings. The highest BCUT2D eigenvalue weighted by molar-refractivity contribution is 6.63. The highest BCUT2D eigenvalue weighted by Crippen LogP contribution is 2.27. The first-order valence-corrected chi connectivity index (χ1v) is 4.64. The molecule has 0 saturated carbocycles. The SMILES string of the molecule is CC(C)(CC(=O)Cl)c1ccccc1. The molecule has 0 atom stereocenters. The number of hydrogen-bond donors (Lipinski definition) is 0. The van der Waals surface area contributed by atoms with Gasteiger partial charge >= 0.3 is 0 Å². The van der Waals surface area contributed by atoms with Crippen molar-refractivity contribution in [2.45, 2.75) is 25.7 Å². The Balaban J connectivity index is 2.87. The van der Waals surface area contributed by atoms with E-state index in [-0.39, 0.29) is 10.7 Å². The molecule has 70 valence electrons. The van der Waals surface area contributed by atoms with Crippen molar-refractivity contribution >= 4 is 16.8 Å². The van der Waals surface area contributed by atoms with Crippen LogP contribution in [0.4, 0.5) is 0 Å². The van der Waals surface area contributed by atoms with Crippen molar-refractivity contribution < 1.29 is 4.79 Å². The third kappa shape index (κ3) is 2.85. The van der Waals surface area contributed by atoms with Crippen LogP contribution >= 0.6 is 11.6 Å². The molecule has 1 rings (SSSR count). The lowest BCUT2D eigenvalue weighted by Crippen LogP contribution is -2.19. The fraction of sp³-hybridized carbons (Fsp3) is 0.364. The lowest BCUT2D eigenvalue weighted by molar-refractivity contribution is -0.112. The highest BCUT2D eigenvalue weighted by atomic mass is 35.5. The van der Waals surface area contributed by atoms with E-state index in [1.165, 1.54) is 0 Å². The first-order valence-electron chi connectivity index (χ1n) is 4.26. The molecule has 0 fully saturated rings. The second-order valence-corrected chi connectivity index (χ2v) is 4.20. The topological polar surface area (TPSA) is 17.1 Å². The van der Waals surface area contributed by atoms with Gasteiger partial charge in [0.1, 0.15) is 0 Å². The van der Waals surface area contributed by atoms with Crippen LogP contribution in [-0.2, 0) is 10.2 Å². The lowest BCUT2D eigenvalue weighted by atomic mass is 9.82. The molecule has 2 heteroatoms. The van der Waals surface area contributed by atoms with Crippen LogP contribution in [0.25, 0.3) is 0 Å². The predicted molar refractivity (Wildman–Crippen MR) is 54.9 cm³/mol. The number of hydrogen-bond acceptors (Lipinski definition) is 1. The average Bonchev–Trinajstić information content (AvgIpc) is 2.04. The van der Waals surface area contributed by atoms with E-state index in [9.17, 15) is 4.79 Å². The zero-order chi connectivity index (χ0) is 9.90. The molecule has 0 unspecified atom stereocenters. The molecule has 0 spiro atoms. The number of benzene rings is 1. The van der Waals surface area contributed by atoms with Crippen LogP contribution in [0.15, 0.2) is 30.3 Å². The summed E-state index contributed by atoms with van der Waals surface area (Å²) in [6, 6.07) is 9.92. The normalized spacial score (nSPS) is 11.3. The first-order chi connectivity index (χ1) is 6.02. The van der Waals surface area contributed by atoms with Gasteiger partial charge in [-0.25, -0.2) is 0 Å². The zero-order valence-corrected chi connectivity index (χ0v) is 8.64. The maximum atomic E-state index is 10.8. The van der Waals surface area contributed by atoms with Crippen LogP contribution in [0.2, 0.25) is 0 Å². The predicted octanol–water partition coefficient (Wildman–Crippen LogP) is 3.12. The summed E-state index contributed by atoms with van der Waals surface area (Å²) in [6.07, 6.45) is 0.374. The number of carbonyl (C=O) groups is 1. The van der Waals surface area contributed by atoms with Crippen molar-refractivity contribution in [3.05, 3.63) is 35.9 Å². The summed E-state index contributed by atoms with van der Waals surface area (Å²) in [5, 5.41) is -0.283. The zero-order valence-electron chi connectivity index (χ0n) is 7.88. The molecule has 0 N–H and O–H groups in total. The minimum Gasteiger partial charge on any atom is -0.281 e. The molecule has 0 heterocycles. The summed E-state index contributed by atoms with van der Waals surface area (Å²) in [6.45, 7) is 4.03. The van der Waals surface area contributed by atoms with E-state index in [1.54, 1.807) is 0 Å². The van der Waals surface area contributed by atoms with Gasteiger partial charge in [0.2, 0.25) is 5.24 Å².